The number of hydrogen-bond acceptors (Lipinski definition) is 2. The fourth-order valence-electron chi connectivity index (χ4n) is 1.97. The van der Waals surface area contributed by atoms with Crippen LogP contribution < -0.4 is 10.1 Å². The molecule has 0 spiro atoms. The van der Waals surface area contributed by atoms with Crippen molar-refractivity contribution in [3.63, 3.8) is 0 Å². The van der Waals surface area contributed by atoms with Crippen molar-refractivity contribution in [2.24, 2.45) is 0 Å². The van der Waals surface area contributed by atoms with Gasteiger partial charge in [0, 0.05) is 22.1 Å². The summed E-state index contributed by atoms with van der Waals surface area (Å²) in [7, 11) is 1.68. The Balaban J connectivity index is 2.04. The molecule has 0 aromatic heterocycles. The molecule has 20 heavy (non-hydrogen) atoms. The van der Waals surface area contributed by atoms with Gasteiger partial charge in [-0.15, -0.1) is 0 Å². The molecule has 2 rings (SSSR count). The van der Waals surface area contributed by atoms with E-state index in [1.807, 2.05) is 36.4 Å². The topological polar surface area (TPSA) is 21.3 Å². The normalized spacial score (nSPS) is 12.2. The van der Waals surface area contributed by atoms with Gasteiger partial charge in [0.15, 0.2) is 0 Å². The summed E-state index contributed by atoms with van der Waals surface area (Å²) in [5.41, 5.74) is 2.34. The fourth-order valence-corrected chi connectivity index (χ4v) is 2.55. The zero-order chi connectivity index (χ0) is 14.5. The average molecular weight is 355 g/mol. The Kier molecular flexibility index (Phi) is 5.46. The third kappa shape index (κ3) is 3.98. The first-order valence-electron chi connectivity index (χ1n) is 6.41. The van der Waals surface area contributed by atoms with Crippen LogP contribution in [0.15, 0.2) is 46.9 Å². The second-order valence-electron chi connectivity index (χ2n) is 4.61. The molecule has 0 amide bonds. The van der Waals surface area contributed by atoms with Crippen molar-refractivity contribution in [1.29, 1.82) is 0 Å². The highest BCUT2D eigenvalue weighted by molar-refractivity contribution is 9.10. The number of hydrogen-bond donors (Lipinski definition) is 1. The summed E-state index contributed by atoms with van der Waals surface area (Å²) in [6.45, 7) is 2.88. The van der Waals surface area contributed by atoms with Crippen molar-refractivity contribution >= 4 is 27.5 Å². The smallest absolute Gasteiger partial charge is 0.119 e. The molecular weight excluding hydrogens is 338 g/mol. The van der Waals surface area contributed by atoms with Gasteiger partial charge < -0.3 is 10.1 Å². The predicted molar refractivity (Wildman–Crippen MR) is 87.4 cm³/mol. The number of halogens is 2. The van der Waals surface area contributed by atoms with Gasteiger partial charge in [-0.05, 0) is 48.4 Å². The van der Waals surface area contributed by atoms with Crippen LogP contribution in [0.1, 0.15) is 24.1 Å². The minimum Gasteiger partial charge on any atom is -0.497 e. The van der Waals surface area contributed by atoms with Crippen molar-refractivity contribution < 1.29 is 4.74 Å². The standard InChI is InChI=1S/C16H17BrClNO/c1-11(12-4-3-5-15(9-12)20-2)19-10-13-8-14(18)6-7-16(13)17/h3-9,11,19H,10H2,1-2H3. The maximum Gasteiger partial charge on any atom is 0.119 e. The van der Waals surface area contributed by atoms with Gasteiger partial charge in [0.05, 0.1) is 7.11 Å². The van der Waals surface area contributed by atoms with E-state index >= 15 is 0 Å². The van der Waals surface area contributed by atoms with E-state index in [-0.39, 0.29) is 6.04 Å². The van der Waals surface area contributed by atoms with Crippen LogP contribution >= 0.6 is 27.5 Å². The molecule has 0 aliphatic rings. The van der Waals surface area contributed by atoms with Crippen molar-refractivity contribution in [2.75, 3.05) is 7.11 Å². The highest BCUT2D eigenvalue weighted by Crippen LogP contribution is 2.23. The largest absolute Gasteiger partial charge is 0.497 e. The molecule has 0 saturated carbocycles. The highest BCUT2D eigenvalue weighted by Gasteiger charge is 2.07. The van der Waals surface area contributed by atoms with E-state index in [1.165, 1.54) is 5.56 Å². The molecule has 1 unspecified atom stereocenters. The van der Waals surface area contributed by atoms with Gasteiger partial charge in [0.25, 0.3) is 0 Å². The SMILES string of the molecule is COc1cccc(C(C)NCc2cc(Cl)ccc2Br)c1. The maximum atomic E-state index is 6.02. The van der Waals surface area contributed by atoms with Crippen molar-refractivity contribution in [2.45, 2.75) is 19.5 Å². The molecule has 4 heteroatoms. The molecule has 0 saturated heterocycles. The van der Waals surface area contributed by atoms with Gasteiger partial charge in [0.1, 0.15) is 5.75 Å². The lowest BCUT2D eigenvalue weighted by Gasteiger charge is -2.16. The molecule has 0 aliphatic heterocycles. The molecule has 2 nitrogen and oxygen atoms in total. The quantitative estimate of drug-likeness (QED) is 0.819. The van der Waals surface area contributed by atoms with Crippen molar-refractivity contribution in [3.8, 4) is 5.75 Å². The third-order valence-corrected chi connectivity index (χ3v) is 4.21. The van der Waals surface area contributed by atoms with Crippen LogP contribution in [0.4, 0.5) is 0 Å². The second-order valence-corrected chi connectivity index (χ2v) is 5.91. The molecule has 0 heterocycles. The number of rotatable bonds is 5. The number of ether oxygens (including phenoxy) is 1. The lowest BCUT2D eigenvalue weighted by molar-refractivity contribution is 0.413. The van der Waals surface area contributed by atoms with Crippen LogP contribution in [0, 0.1) is 0 Å². The molecule has 0 bridgehead atoms. The maximum absolute atomic E-state index is 6.02. The predicted octanol–water partition coefficient (Wildman–Crippen LogP) is 4.96. The third-order valence-electron chi connectivity index (χ3n) is 3.20. The Hall–Kier alpha value is -1.03. The summed E-state index contributed by atoms with van der Waals surface area (Å²) in [4.78, 5) is 0. The first-order chi connectivity index (χ1) is 9.60. The Morgan fingerprint density at radius 1 is 1.25 bits per heavy atom. The van der Waals surface area contributed by atoms with Gasteiger partial charge in [-0.1, -0.05) is 39.7 Å². The van der Waals surface area contributed by atoms with E-state index in [0.717, 1.165) is 27.4 Å². The van der Waals surface area contributed by atoms with E-state index in [0.29, 0.717) is 0 Å². The van der Waals surface area contributed by atoms with E-state index in [2.05, 4.69) is 34.2 Å². The van der Waals surface area contributed by atoms with Crippen LogP contribution in [0.2, 0.25) is 5.02 Å². The Morgan fingerprint density at radius 2 is 2.05 bits per heavy atom. The summed E-state index contributed by atoms with van der Waals surface area (Å²) < 4.78 is 6.31. The van der Waals surface area contributed by atoms with E-state index in [9.17, 15) is 0 Å². The molecule has 2 aromatic rings. The monoisotopic (exact) mass is 353 g/mol. The van der Waals surface area contributed by atoms with Crippen molar-refractivity contribution in [1.82, 2.24) is 5.32 Å². The average Bonchev–Trinajstić information content (AvgIpc) is 2.48. The number of methoxy groups -OCH3 is 1. The van der Waals surface area contributed by atoms with Gasteiger partial charge in [-0.2, -0.15) is 0 Å². The molecule has 1 N–H and O–H groups in total. The zero-order valence-corrected chi connectivity index (χ0v) is 13.8. The van der Waals surface area contributed by atoms with Gasteiger partial charge in [-0.25, -0.2) is 0 Å². The highest BCUT2D eigenvalue weighted by atomic mass is 79.9. The van der Waals surface area contributed by atoms with Gasteiger partial charge >= 0.3 is 0 Å². The van der Waals surface area contributed by atoms with Crippen LogP contribution in [-0.4, -0.2) is 7.11 Å². The summed E-state index contributed by atoms with van der Waals surface area (Å²) in [6, 6.07) is 14.1. The fraction of sp³-hybridized carbons (Fsp3) is 0.250. The van der Waals surface area contributed by atoms with Gasteiger partial charge in [-0.3, -0.25) is 0 Å². The van der Waals surface area contributed by atoms with E-state index < -0.39 is 0 Å². The molecule has 106 valence electrons. The minimum atomic E-state index is 0.232. The van der Waals surface area contributed by atoms with E-state index in [1.54, 1.807) is 7.11 Å². The zero-order valence-electron chi connectivity index (χ0n) is 11.5. The molecule has 0 radical (unpaired) electrons. The Morgan fingerprint density at radius 3 is 2.80 bits per heavy atom. The first kappa shape index (κ1) is 15.4. The lowest BCUT2D eigenvalue weighted by Crippen LogP contribution is -2.18. The summed E-state index contributed by atoms with van der Waals surface area (Å²) in [5, 5.41) is 4.24. The van der Waals surface area contributed by atoms with Crippen LogP contribution in [-0.2, 0) is 6.54 Å². The lowest BCUT2D eigenvalue weighted by atomic mass is 10.1. The second kappa shape index (κ2) is 7.11. The molecule has 2 aromatic carbocycles. The summed E-state index contributed by atoms with van der Waals surface area (Å²) >= 11 is 9.56. The molecule has 0 fully saturated rings. The van der Waals surface area contributed by atoms with Crippen molar-refractivity contribution in [3.05, 3.63) is 63.1 Å². The molecule has 1 atom stereocenters. The summed E-state index contributed by atoms with van der Waals surface area (Å²) in [6.07, 6.45) is 0. The molecular formula is C16H17BrClNO. The minimum absolute atomic E-state index is 0.232. The summed E-state index contributed by atoms with van der Waals surface area (Å²) in [5.74, 6) is 0.875. The number of benzene rings is 2. The number of nitrogens with one attached hydrogen (secondary N) is 1. The van der Waals surface area contributed by atoms with Crippen LogP contribution in [0.5, 0.6) is 5.75 Å². The van der Waals surface area contributed by atoms with Gasteiger partial charge in [0.2, 0.25) is 0 Å². The first-order valence-corrected chi connectivity index (χ1v) is 7.58. The van der Waals surface area contributed by atoms with E-state index in [4.69, 9.17) is 16.3 Å². The Bertz CT molecular complexity index is 588. The Labute approximate surface area is 133 Å². The van der Waals surface area contributed by atoms with Crippen LogP contribution in [0.3, 0.4) is 0 Å². The van der Waals surface area contributed by atoms with Crippen LogP contribution in [0.25, 0.3) is 0 Å². The molecule has 0 aliphatic carbocycles.